The number of phosphoric ester groups is 1. The van der Waals surface area contributed by atoms with Gasteiger partial charge in [0.15, 0.2) is 0 Å². The molecule has 3 unspecified atom stereocenters. The van der Waals surface area contributed by atoms with E-state index >= 15 is 0 Å². The number of quaternary nitrogens is 1. The summed E-state index contributed by atoms with van der Waals surface area (Å²) in [5, 5.41) is 13.9. The predicted molar refractivity (Wildman–Crippen MR) is 300 cm³/mol. The van der Waals surface area contributed by atoms with Gasteiger partial charge in [-0.05, 0) is 44.9 Å². The van der Waals surface area contributed by atoms with E-state index in [4.69, 9.17) is 9.05 Å². The molecule has 0 rings (SSSR count). The minimum absolute atomic E-state index is 0.0636. The average molecular weight is 997 g/mol. The van der Waals surface area contributed by atoms with E-state index in [2.05, 4.69) is 31.3 Å². The van der Waals surface area contributed by atoms with Gasteiger partial charge in [0.1, 0.15) is 13.2 Å². The minimum Gasteiger partial charge on any atom is -0.387 e. The molecule has 0 spiro atoms. The topological polar surface area (TPSA) is 105 Å². The Morgan fingerprint density at radius 1 is 0.478 bits per heavy atom. The van der Waals surface area contributed by atoms with Crippen LogP contribution in [0, 0.1) is 0 Å². The zero-order chi connectivity index (χ0) is 50.6. The Balaban J connectivity index is 4.08. The molecule has 0 aliphatic rings. The number of unbranched alkanes of at least 4 members (excludes halogenated alkanes) is 41. The highest BCUT2D eigenvalue weighted by atomic mass is 31.2. The summed E-state index contributed by atoms with van der Waals surface area (Å²) < 4.78 is 23.7. The number of carbonyl (C=O) groups is 1. The fraction of sp³-hybridized carbons (Fsp3) is 0.917. The van der Waals surface area contributed by atoms with E-state index in [-0.39, 0.29) is 19.1 Å². The van der Waals surface area contributed by atoms with Gasteiger partial charge in [-0.15, -0.1) is 0 Å². The fourth-order valence-electron chi connectivity index (χ4n) is 9.16. The molecule has 0 aromatic rings. The van der Waals surface area contributed by atoms with Crippen LogP contribution in [0.25, 0.3) is 0 Å². The molecule has 410 valence electrons. The van der Waals surface area contributed by atoms with Crippen LogP contribution in [0.3, 0.4) is 0 Å². The largest absolute Gasteiger partial charge is 0.472 e. The lowest BCUT2D eigenvalue weighted by Gasteiger charge is -2.25. The maximum atomic E-state index is 13.0. The minimum atomic E-state index is -4.34. The quantitative estimate of drug-likeness (QED) is 0.0243. The molecule has 0 bridgehead atoms. The van der Waals surface area contributed by atoms with Gasteiger partial charge in [-0.1, -0.05) is 276 Å². The standard InChI is InChI=1S/C60H119N2O6P/c1-6-8-10-12-14-16-18-20-22-24-25-26-27-28-29-30-31-32-33-34-35-36-38-40-42-44-46-48-50-52-54-60(64)61-58(57-68-69(65,66)67-56-55-62(3,4)5)59(63)53-51-49-47-45-43-41-39-37-23-21-19-17-15-13-11-9-7-2/h28-29,51,53,58-59,63H,6-27,30-50,52,54-57H2,1-5H3,(H-,61,64,65,66)/p+1/b29-28-,53-51+. The summed E-state index contributed by atoms with van der Waals surface area (Å²) >= 11 is 0. The molecule has 1 amide bonds. The van der Waals surface area contributed by atoms with Crippen molar-refractivity contribution >= 4 is 13.7 Å². The lowest BCUT2D eigenvalue weighted by molar-refractivity contribution is -0.870. The normalized spacial score (nSPS) is 14.0. The van der Waals surface area contributed by atoms with E-state index < -0.39 is 20.0 Å². The number of allylic oxidation sites excluding steroid dienone is 3. The third-order valence-corrected chi connectivity index (χ3v) is 14.9. The zero-order valence-electron chi connectivity index (χ0n) is 46.8. The number of aliphatic hydroxyl groups is 1. The Kier molecular flexibility index (Phi) is 51.1. The Bertz CT molecular complexity index is 1170. The van der Waals surface area contributed by atoms with Crippen molar-refractivity contribution in [2.24, 2.45) is 0 Å². The first kappa shape index (κ1) is 68.0. The summed E-state index contributed by atoms with van der Waals surface area (Å²) in [6, 6.07) is -0.844. The van der Waals surface area contributed by atoms with E-state index in [1.54, 1.807) is 6.08 Å². The number of phosphoric acid groups is 1. The summed E-state index contributed by atoms with van der Waals surface area (Å²) in [6.07, 6.45) is 65.7. The van der Waals surface area contributed by atoms with Crippen molar-refractivity contribution in [2.75, 3.05) is 40.9 Å². The van der Waals surface area contributed by atoms with Crippen molar-refractivity contribution in [2.45, 2.75) is 315 Å². The van der Waals surface area contributed by atoms with Gasteiger partial charge in [0.2, 0.25) is 5.91 Å². The van der Waals surface area contributed by atoms with E-state index in [1.165, 1.54) is 244 Å². The van der Waals surface area contributed by atoms with Crippen LogP contribution in [0.4, 0.5) is 0 Å². The second kappa shape index (κ2) is 51.9. The first-order valence-corrected chi connectivity index (χ1v) is 31.7. The van der Waals surface area contributed by atoms with E-state index in [9.17, 15) is 19.4 Å². The highest BCUT2D eigenvalue weighted by Crippen LogP contribution is 2.43. The molecule has 0 saturated carbocycles. The van der Waals surface area contributed by atoms with Crippen LogP contribution in [0.1, 0.15) is 303 Å². The first-order valence-electron chi connectivity index (χ1n) is 30.2. The molecule has 0 saturated heterocycles. The lowest BCUT2D eigenvalue weighted by atomic mass is 10.0. The highest BCUT2D eigenvalue weighted by Gasteiger charge is 2.27. The number of likely N-dealkylation sites (N-methyl/N-ethyl adjacent to an activating group) is 1. The molecule has 0 heterocycles. The molecule has 0 fully saturated rings. The Labute approximate surface area is 430 Å². The molecule has 0 radical (unpaired) electrons. The Hall–Kier alpha value is -1.02. The van der Waals surface area contributed by atoms with Crippen molar-refractivity contribution in [1.82, 2.24) is 5.32 Å². The maximum Gasteiger partial charge on any atom is 0.472 e. The Morgan fingerprint density at radius 3 is 1.12 bits per heavy atom. The fourth-order valence-corrected chi connectivity index (χ4v) is 9.89. The number of nitrogens with one attached hydrogen (secondary N) is 1. The van der Waals surface area contributed by atoms with Crippen molar-refractivity contribution in [1.29, 1.82) is 0 Å². The van der Waals surface area contributed by atoms with Crippen molar-refractivity contribution in [3.63, 3.8) is 0 Å². The smallest absolute Gasteiger partial charge is 0.387 e. The molecule has 0 aromatic carbocycles. The number of aliphatic hydroxyl groups excluding tert-OH is 1. The van der Waals surface area contributed by atoms with Crippen molar-refractivity contribution < 1.29 is 32.9 Å². The zero-order valence-corrected chi connectivity index (χ0v) is 47.7. The molecule has 0 aliphatic carbocycles. The van der Waals surface area contributed by atoms with Crippen LogP contribution in [-0.4, -0.2) is 73.4 Å². The molecule has 0 aliphatic heterocycles. The van der Waals surface area contributed by atoms with Gasteiger partial charge >= 0.3 is 7.82 Å². The third-order valence-electron chi connectivity index (χ3n) is 13.9. The molecule has 69 heavy (non-hydrogen) atoms. The summed E-state index contributed by atoms with van der Waals surface area (Å²) in [7, 11) is 1.59. The van der Waals surface area contributed by atoms with E-state index in [0.717, 1.165) is 38.5 Å². The van der Waals surface area contributed by atoms with Gasteiger partial charge in [0.25, 0.3) is 0 Å². The lowest BCUT2D eigenvalue weighted by Crippen LogP contribution is -2.45. The van der Waals surface area contributed by atoms with Crippen LogP contribution in [0.5, 0.6) is 0 Å². The van der Waals surface area contributed by atoms with Crippen LogP contribution in [0.15, 0.2) is 24.3 Å². The van der Waals surface area contributed by atoms with Crippen LogP contribution in [0.2, 0.25) is 0 Å². The first-order chi connectivity index (χ1) is 33.5. The van der Waals surface area contributed by atoms with Gasteiger partial charge < -0.3 is 19.8 Å². The number of rotatable bonds is 56. The van der Waals surface area contributed by atoms with Crippen LogP contribution >= 0.6 is 7.82 Å². The summed E-state index contributed by atoms with van der Waals surface area (Å²) in [5.74, 6) is -0.172. The van der Waals surface area contributed by atoms with E-state index in [1.807, 2.05) is 27.2 Å². The number of hydrogen-bond donors (Lipinski definition) is 3. The number of carbonyl (C=O) groups excluding carboxylic acids is 1. The number of amides is 1. The van der Waals surface area contributed by atoms with Crippen molar-refractivity contribution in [3.8, 4) is 0 Å². The van der Waals surface area contributed by atoms with Crippen LogP contribution in [-0.2, 0) is 18.4 Å². The number of nitrogens with zero attached hydrogens (tertiary/aromatic N) is 1. The summed E-state index contributed by atoms with van der Waals surface area (Å²) in [4.78, 5) is 23.3. The van der Waals surface area contributed by atoms with Gasteiger partial charge in [-0.3, -0.25) is 13.8 Å². The molecule has 0 aromatic heterocycles. The second-order valence-electron chi connectivity index (χ2n) is 22.1. The highest BCUT2D eigenvalue weighted by molar-refractivity contribution is 7.47. The molecule has 3 N–H and O–H groups in total. The average Bonchev–Trinajstić information content (AvgIpc) is 3.31. The van der Waals surface area contributed by atoms with Gasteiger partial charge in [0.05, 0.1) is 39.9 Å². The molecule has 8 nitrogen and oxygen atoms in total. The van der Waals surface area contributed by atoms with Crippen LogP contribution < -0.4 is 5.32 Å². The Morgan fingerprint density at radius 2 is 0.783 bits per heavy atom. The summed E-state index contributed by atoms with van der Waals surface area (Å²) in [6.45, 7) is 4.86. The molecule has 9 heteroatoms. The maximum absolute atomic E-state index is 13.0. The van der Waals surface area contributed by atoms with Gasteiger partial charge in [0, 0.05) is 6.42 Å². The second-order valence-corrected chi connectivity index (χ2v) is 23.5. The third kappa shape index (κ3) is 54.6. The predicted octanol–water partition coefficient (Wildman–Crippen LogP) is 18.4. The molecular formula is C60H120N2O6P+. The molecular weight excluding hydrogens is 876 g/mol. The SMILES string of the molecule is CCCCCCCCCCCCCC/C=C\CCCCCCCCCCCCCCCCC(=O)NC(COP(=O)(O)OCC[N+](C)(C)C)C(O)/C=C/CCCCCCCCCCCCCCCCC. The van der Waals surface area contributed by atoms with Gasteiger partial charge in [-0.25, -0.2) is 4.57 Å². The summed E-state index contributed by atoms with van der Waals surface area (Å²) in [5.41, 5.74) is 0. The number of hydrogen-bond acceptors (Lipinski definition) is 5. The molecule has 3 atom stereocenters. The van der Waals surface area contributed by atoms with Crippen molar-refractivity contribution in [3.05, 3.63) is 24.3 Å². The monoisotopic (exact) mass is 996 g/mol. The van der Waals surface area contributed by atoms with E-state index in [0.29, 0.717) is 17.4 Å². The van der Waals surface area contributed by atoms with Gasteiger partial charge in [-0.2, -0.15) is 0 Å².